The molecule has 88 valence electrons. The summed E-state index contributed by atoms with van der Waals surface area (Å²) in [4.78, 5) is 6.02. The maximum absolute atomic E-state index is 13.5. The van der Waals surface area contributed by atoms with E-state index in [0.29, 0.717) is 17.3 Å². The van der Waals surface area contributed by atoms with Crippen molar-refractivity contribution in [1.29, 1.82) is 0 Å². The number of anilines is 1. The lowest BCUT2D eigenvalue weighted by atomic mass is 10.2. The normalized spacial score (nSPS) is 10.3. The molecule has 0 bridgehead atoms. The lowest BCUT2D eigenvalue weighted by Gasteiger charge is -2.18. The Morgan fingerprint density at radius 1 is 1.18 bits per heavy atom. The van der Waals surface area contributed by atoms with Crippen LogP contribution in [0.5, 0.6) is 0 Å². The minimum Gasteiger partial charge on any atom is -0.355 e. The summed E-state index contributed by atoms with van der Waals surface area (Å²) in [6.45, 7) is 0.458. The quantitative estimate of drug-likeness (QED) is 0.775. The van der Waals surface area contributed by atoms with Gasteiger partial charge in [-0.1, -0.05) is 35.9 Å². The molecule has 0 fully saturated rings. The molecule has 0 aliphatic carbocycles. The van der Waals surface area contributed by atoms with E-state index in [2.05, 4.69) is 4.98 Å². The molecular formula is C13H12ClFN2. The Balaban J connectivity index is 2.17. The predicted molar refractivity (Wildman–Crippen MR) is 67.8 cm³/mol. The van der Waals surface area contributed by atoms with Crippen molar-refractivity contribution in [2.45, 2.75) is 6.54 Å². The lowest BCUT2D eigenvalue weighted by molar-refractivity contribution is 0.607. The van der Waals surface area contributed by atoms with E-state index < -0.39 is 0 Å². The maximum Gasteiger partial charge on any atom is 0.131 e. The van der Waals surface area contributed by atoms with Gasteiger partial charge in [0, 0.05) is 19.2 Å². The van der Waals surface area contributed by atoms with Crippen molar-refractivity contribution in [3.8, 4) is 0 Å². The second-order valence-electron chi connectivity index (χ2n) is 3.77. The average Bonchev–Trinajstić information content (AvgIpc) is 2.32. The smallest absolute Gasteiger partial charge is 0.131 e. The van der Waals surface area contributed by atoms with Crippen molar-refractivity contribution < 1.29 is 4.39 Å². The van der Waals surface area contributed by atoms with Crippen LogP contribution < -0.4 is 4.90 Å². The maximum atomic E-state index is 13.5. The van der Waals surface area contributed by atoms with Gasteiger partial charge in [0.25, 0.3) is 0 Å². The number of pyridine rings is 1. The van der Waals surface area contributed by atoms with Gasteiger partial charge in [0.15, 0.2) is 0 Å². The molecule has 17 heavy (non-hydrogen) atoms. The molecule has 0 spiro atoms. The monoisotopic (exact) mass is 250 g/mol. The highest BCUT2D eigenvalue weighted by Crippen LogP contribution is 2.16. The second kappa shape index (κ2) is 5.15. The summed E-state index contributed by atoms with van der Waals surface area (Å²) in [6.07, 6.45) is 0. The fraction of sp³-hybridized carbons (Fsp3) is 0.154. The SMILES string of the molecule is CN(Cc1ccccc1F)c1cccc(Cl)n1. The average molecular weight is 251 g/mol. The Hall–Kier alpha value is -1.61. The fourth-order valence-corrected chi connectivity index (χ4v) is 1.73. The molecule has 0 saturated heterocycles. The molecule has 0 radical (unpaired) electrons. The van der Waals surface area contributed by atoms with Crippen LogP contribution in [0.1, 0.15) is 5.56 Å². The van der Waals surface area contributed by atoms with Crippen LogP contribution in [0.15, 0.2) is 42.5 Å². The first kappa shape index (κ1) is 11.9. The summed E-state index contributed by atoms with van der Waals surface area (Å²) < 4.78 is 13.5. The zero-order valence-electron chi connectivity index (χ0n) is 9.40. The fourth-order valence-electron chi connectivity index (χ4n) is 1.57. The molecule has 0 aliphatic heterocycles. The predicted octanol–water partition coefficient (Wildman–Crippen LogP) is 3.51. The third-order valence-corrected chi connectivity index (χ3v) is 2.67. The Bertz CT molecular complexity index is 516. The highest BCUT2D eigenvalue weighted by molar-refractivity contribution is 6.29. The van der Waals surface area contributed by atoms with Crippen molar-refractivity contribution in [3.05, 3.63) is 59.0 Å². The minimum atomic E-state index is -0.207. The summed E-state index contributed by atoms with van der Waals surface area (Å²) >= 11 is 5.81. The second-order valence-corrected chi connectivity index (χ2v) is 4.15. The van der Waals surface area contributed by atoms with Crippen molar-refractivity contribution in [3.63, 3.8) is 0 Å². The first-order valence-corrected chi connectivity index (χ1v) is 5.62. The minimum absolute atomic E-state index is 0.207. The van der Waals surface area contributed by atoms with Crippen LogP contribution in [0.4, 0.5) is 10.2 Å². The van der Waals surface area contributed by atoms with Gasteiger partial charge in [-0.25, -0.2) is 9.37 Å². The molecular weight excluding hydrogens is 239 g/mol. The standard InChI is InChI=1S/C13H12ClFN2/c1-17(13-8-4-7-12(14)16-13)9-10-5-2-3-6-11(10)15/h2-8H,9H2,1H3. The topological polar surface area (TPSA) is 16.1 Å². The van der Waals surface area contributed by atoms with E-state index in [9.17, 15) is 4.39 Å². The van der Waals surface area contributed by atoms with Crippen molar-refractivity contribution in [2.24, 2.45) is 0 Å². The molecule has 0 aliphatic rings. The van der Waals surface area contributed by atoms with Crippen LogP contribution in [0.3, 0.4) is 0 Å². The number of hydrogen-bond donors (Lipinski definition) is 0. The lowest BCUT2D eigenvalue weighted by Crippen LogP contribution is -2.18. The van der Waals surface area contributed by atoms with Gasteiger partial charge in [-0.15, -0.1) is 0 Å². The zero-order chi connectivity index (χ0) is 12.3. The van der Waals surface area contributed by atoms with Gasteiger partial charge in [-0.3, -0.25) is 0 Å². The van der Waals surface area contributed by atoms with Gasteiger partial charge in [0.05, 0.1) is 0 Å². The first-order valence-electron chi connectivity index (χ1n) is 5.24. The number of aromatic nitrogens is 1. The summed E-state index contributed by atoms with van der Waals surface area (Å²) in [7, 11) is 1.85. The number of halogens is 2. The number of benzene rings is 1. The third-order valence-electron chi connectivity index (χ3n) is 2.46. The molecule has 1 aromatic carbocycles. The number of rotatable bonds is 3. The van der Waals surface area contributed by atoms with Gasteiger partial charge in [-0.05, 0) is 18.2 Å². The summed E-state index contributed by atoms with van der Waals surface area (Å²) in [6, 6.07) is 12.1. The largest absolute Gasteiger partial charge is 0.355 e. The van der Waals surface area contributed by atoms with Gasteiger partial charge in [0.1, 0.15) is 16.8 Å². The van der Waals surface area contributed by atoms with E-state index >= 15 is 0 Å². The Labute approximate surface area is 105 Å². The van der Waals surface area contributed by atoms with Crippen LogP contribution >= 0.6 is 11.6 Å². The summed E-state index contributed by atoms with van der Waals surface area (Å²) in [5.41, 5.74) is 0.636. The molecule has 1 heterocycles. The molecule has 0 atom stereocenters. The van der Waals surface area contributed by atoms with E-state index in [1.54, 1.807) is 18.2 Å². The molecule has 2 aromatic rings. The third kappa shape index (κ3) is 2.94. The molecule has 2 nitrogen and oxygen atoms in total. The Morgan fingerprint density at radius 2 is 1.94 bits per heavy atom. The molecule has 0 unspecified atom stereocenters. The van der Waals surface area contributed by atoms with Crippen LogP contribution in [-0.4, -0.2) is 12.0 Å². The molecule has 4 heteroatoms. The van der Waals surface area contributed by atoms with E-state index in [-0.39, 0.29) is 5.82 Å². The molecule has 2 rings (SSSR count). The van der Waals surface area contributed by atoms with Crippen LogP contribution in [0.2, 0.25) is 5.15 Å². The first-order chi connectivity index (χ1) is 8.16. The van der Waals surface area contributed by atoms with Crippen LogP contribution in [0, 0.1) is 5.82 Å². The Morgan fingerprint density at radius 3 is 2.65 bits per heavy atom. The molecule has 1 aromatic heterocycles. The van der Waals surface area contributed by atoms with Gasteiger partial charge in [-0.2, -0.15) is 0 Å². The van der Waals surface area contributed by atoms with Crippen molar-refractivity contribution in [2.75, 3.05) is 11.9 Å². The summed E-state index contributed by atoms with van der Waals surface area (Å²) in [5, 5.41) is 0.433. The highest BCUT2D eigenvalue weighted by atomic mass is 35.5. The van der Waals surface area contributed by atoms with E-state index in [1.807, 2.05) is 30.1 Å². The van der Waals surface area contributed by atoms with E-state index in [4.69, 9.17) is 11.6 Å². The van der Waals surface area contributed by atoms with Gasteiger partial charge >= 0.3 is 0 Å². The molecule has 0 saturated carbocycles. The zero-order valence-corrected chi connectivity index (χ0v) is 10.2. The van der Waals surface area contributed by atoms with Crippen LogP contribution in [0.25, 0.3) is 0 Å². The number of nitrogens with zero attached hydrogens (tertiary/aromatic N) is 2. The molecule has 0 amide bonds. The van der Waals surface area contributed by atoms with Gasteiger partial charge < -0.3 is 4.90 Å². The molecule has 0 N–H and O–H groups in total. The van der Waals surface area contributed by atoms with Crippen molar-refractivity contribution in [1.82, 2.24) is 4.98 Å². The van der Waals surface area contributed by atoms with E-state index in [1.165, 1.54) is 6.07 Å². The van der Waals surface area contributed by atoms with Gasteiger partial charge in [0.2, 0.25) is 0 Å². The highest BCUT2D eigenvalue weighted by Gasteiger charge is 2.07. The Kier molecular flexibility index (Phi) is 3.59. The van der Waals surface area contributed by atoms with Crippen molar-refractivity contribution >= 4 is 17.4 Å². The number of hydrogen-bond acceptors (Lipinski definition) is 2. The van der Waals surface area contributed by atoms with Crippen LogP contribution in [-0.2, 0) is 6.54 Å². The summed E-state index contributed by atoms with van der Waals surface area (Å²) in [5.74, 6) is 0.516. The van der Waals surface area contributed by atoms with E-state index in [0.717, 1.165) is 5.82 Å².